The van der Waals surface area contributed by atoms with Gasteiger partial charge >= 0.3 is 0 Å². The van der Waals surface area contributed by atoms with E-state index in [1.165, 1.54) is 25.7 Å². The molecular weight excluding hydrogens is 664 g/mol. The summed E-state index contributed by atoms with van der Waals surface area (Å²) in [5, 5.41) is 0. The fourth-order valence-electron chi connectivity index (χ4n) is 4.21. The molecule has 0 aromatic heterocycles. The van der Waals surface area contributed by atoms with E-state index in [1.807, 2.05) is 30.3 Å². The fourth-order valence-corrected chi connectivity index (χ4v) is 4.21. The first-order valence-electron chi connectivity index (χ1n) is 19.0. The number of benzene rings is 1. The first kappa shape index (κ1) is 47.7. The second kappa shape index (κ2) is 43.1. The first-order valence-corrected chi connectivity index (χ1v) is 19.0. The van der Waals surface area contributed by atoms with E-state index in [-0.39, 0.29) is 0 Å². The third kappa shape index (κ3) is 39.7. The summed E-state index contributed by atoms with van der Waals surface area (Å²) in [5.41, 5.74) is 1.16. The molecule has 0 saturated carbocycles. The van der Waals surface area contributed by atoms with Crippen molar-refractivity contribution >= 4 is 0 Å². The Labute approximate surface area is 308 Å². The van der Waals surface area contributed by atoms with Gasteiger partial charge in [-0.1, -0.05) is 62.9 Å². The van der Waals surface area contributed by atoms with Crippen molar-refractivity contribution in [3.05, 3.63) is 35.9 Å². The molecule has 13 nitrogen and oxygen atoms in total. The third-order valence-corrected chi connectivity index (χ3v) is 6.97. The predicted octanol–water partition coefficient (Wildman–Crippen LogP) is 4.37. The standard InChI is InChI=1S/C38H70O13/c1-2-3-4-5-9-12-39-13-14-40-15-16-41-17-18-42-19-20-43-21-22-44-23-24-45-25-26-46-27-28-47-29-30-48-31-32-49-33-34-50-35-36-51-37-38-10-7-6-8-11-38/h6-8,10-11H,2-5,9,12-37H2,1H3. The van der Waals surface area contributed by atoms with Crippen molar-refractivity contribution < 1.29 is 61.6 Å². The van der Waals surface area contributed by atoms with Crippen LogP contribution in [-0.4, -0.2) is 165 Å². The zero-order chi connectivity index (χ0) is 36.2. The number of ether oxygens (including phenoxy) is 13. The lowest BCUT2D eigenvalue weighted by Crippen LogP contribution is -2.15. The second-order valence-corrected chi connectivity index (χ2v) is 11.3. The maximum Gasteiger partial charge on any atom is 0.0718 e. The number of rotatable bonds is 44. The molecule has 0 radical (unpaired) electrons. The van der Waals surface area contributed by atoms with Crippen LogP contribution in [-0.2, 0) is 68.2 Å². The largest absolute Gasteiger partial charge is 0.379 e. The van der Waals surface area contributed by atoms with E-state index in [2.05, 4.69) is 6.92 Å². The monoisotopic (exact) mass is 734 g/mol. The Morgan fingerprint density at radius 3 is 0.824 bits per heavy atom. The Bertz CT molecular complexity index is 763. The molecular formula is C38H70O13. The molecule has 0 atom stereocenters. The van der Waals surface area contributed by atoms with Crippen LogP contribution in [0.1, 0.15) is 44.6 Å². The van der Waals surface area contributed by atoms with Gasteiger partial charge in [-0.2, -0.15) is 0 Å². The summed E-state index contributed by atoms with van der Waals surface area (Å²) >= 11 is 0. The summed E-state index contributed by atoms with van der Waals surface area (Å²) in [6.45, 7) is 16.5. The molecule has 300 valence electrons. The van der Waals surface area contributed by atoms with Crippen LogP contribution in [0.25, 0.3) is 0 Å². The van der Waals surface area contributed by atoms with E-state index >= 15 is 0 Å². The van der Waals surface area contributed by atoms with Crippen LogP contribution < -0.4 is 0 Å². The number of unbranched alkanes of at least 4 members (excludes halogenated alkanes) is 4. The zero-order valence-corrected chi connectivity index (χ0v) is 31.6. The minimum absolute atomic E-state index is 0.512. The highest BCUT2D eigenvalue weighted by Crippen LogP contribution is 2.02. The van der Waals surface area contributed by atoms with Crippen LogP contribution in [0.15, 0.2) is 30.3 Å². The lowest BCUT2D eigenvalue weighted by molar-refractivity contribution is -0.0292. The molecule has 0 saturated heterocycles. The molecule has 0 spiro atoms. The highest BCUT2D eigenvalue weighted by Gasteiger charge is 1.98. The maximum absolute atomic E-state index is 5.57. The van der Waals surface area contributed by atoms with Crippen molar-refractivity contribution in [3.63, 3.8) is 0 Å². The van der Waals surface area contributed by atoms with Crippen molar-refractivity contribution in [1.29, 1.82) is 0 Å². The molecule has 0 aliphatic heterocycles. The highest BCUT2D eigenvalue weighted by molar-refractivity contribution is 5.13. The van der Waals surface area contributed by atoms with Gasteiger partial charge in [0.15, 0.2) is 0 Å². The Balaban J connectivity index is 1.60. The van der Waals surface area contributed by atoms with Crippen LogP contribution in [0.2, 0.25) is 0 Å². The Morgan fingerprint density at radius 1 is 0.275 bits per heavy atom. The molecule has 13 heteroatoms. The van der Waals surface area contributed by atoms with Gasteiger partial charge in [0.25, 0.3) is 0 Å². The molecule has 0 amide bonds. The van der Waals surface area contributed by atoms with Gasteiger partial charge in [0.2, 0.25) is 0 Å². The van der Waals surface area contributed by atoms with Crippen LogP contribution in [0.4, 0.5) is 0 Å². The molecule has 0 bridgehead atoms. The average Bonchev–Trinajstić information content (AvgIpc) is 3.15. The zero-order valence-electron chi connectivity index (χ0n) is 31.6. The molecule has 1 rings (SSSR count). The predicted molar refractivity (Wildman–Crippen MR) is 195 cm³/mol. The lowest BCUT2D eigenvalue weighted by atomic mass is 10.2. The van der Waals surface area contributed by atoms with Gasteiger partial charge in [0.1, 0.15) is 0 Å². The van der Waals surface area contributed by atoms with Gasteiger partial charge in [-0.05, 0) is 12.0 Å². The minimum Gasteiger partial charge on any atom is -0.379 e. The van der Waals surface area contributed by atoms with Crippen molar-refractivity contribution in [2.75, 3.05) is 165 Å². The molecule has 0 heterocycles. The van der Waals surface area contributed by atoms with E-state index in [0.717, 1.165) is 18.6 Å². The van der Waals surface area contributed by atoms with Gasteiger partial charge in [-0.15, -0.1) is 0 Å². The van der Waals surface area contributed by atoms with Crippen molar-refractivity contribution in [1.82, 2.24) is 0 Å². The Hall–Kier alpha value is -1.30. The maximum atomic E-state index is 5.57. The van der Waals surface area contributed by atoms with Gasteiger partial charge < -0.3 is 61.6 Å². The Kier molecular flexibility index (Phi) is 40.3. The van der Waals surface area contributed by atoms with Gasteiger partial charge in [-0.25, -0.2) is 0 Å². The topological polar surface area (TPSA) is 120 Å². The molecule has 0 N–H and O–H groups in total. The quantitative estimate of drug-likeness (QED) is 0.0884. The van der Waals surface area contributed by atoms with Crippen LogP contribution in [0.5, 0.6) is 0 Å². The van der Waals surface area contributed by atoms with Gasteiger partial charge in [0.05, 0.1) is 165 Å². The van der Waals surface area contributed by atoms with Gasteiger partial charge in [-0.3, -0.25) is 0 Å². The summed E-state index contributed by atoms with van der Waals surface area (Å²) in [6.07, 6.45) is 6.27. The molecule has 0 unspecified atom stereocenters. The summed E-state index contributed by atoms with van der Waals surface area (Å²) in [5.74, 6) is 0. The summed E-state index contributed by atoms with van der Waals surface area (Å²) < 4.78 is 71.6. The van der Waals surface area contributed by atoms with E-state index in [9.17, 15) is 0 Å². The van der Waals surface area contributed by atoms with Crippen LogP contribution in [0, 0.1) is 0 Å². The van der Waals surface area contributed by atoms with Crippen molar-refractivity contribution in [3.8, 4) is 0 Å². The summed E-state index contributed by atoms with van der Waals surface area (Å²) in [4.78, 5) is 0. The molecule has 51 heavy (non-hydrogen) atoms. The highest BCUT2D eigenvalue weighted by atomic mass is 16.6. The SMILES string of the molecule is CCCCCCCOCCOCCOCCOCCOCCOCCOCCOCCOCCOCCOCCOCCOCc1ccccc1. The van der Waals surface area contributed by atoms with E-state index in [1.54, 1.807) is 0 Å². The molecule has 1 aromatic carbocycles. The normalized spacial score (nSPS) is 11.5. The molecule has 0 aliphatic rings. The van der Waals surface area contributed by atoms with E-state index < -0.39 is 0 Å². The first-order chi connectivity index (χ1) is 25.4. The summed E-state index contributed by atoms with van der Waals surface area (Å²) in [7, 11) is 0. The van der Waals surface area contributed by atoms with E-state index in [4.69, 9.17) is 61.6 Å². The smallest absolute Gasteiger partial charge is 0.0718 e. The van der Waals surface area contributed by atoms with Gasteiger partial charge in [0, 0.05) is 6.61 Å². The number of hydrogen-bond acceptors (Lipinski definition) is 13. The van der Waals surface area contributed by atoms with E-state index in [0.29, 0.717) is 165 Å². The lowest BCUT2D eigenvalue weighted by Gasteiger charge is -2.09. The molecule has 1 aromatic rings. The number of hydrogen-bond donors (Lipinski definition) is 0. The summed E-state index contributed by atoms with van der Waals surface area (Å²) in [6, 6.07) is 10.1. The second-order valence-electron chi connectivity index (χ2n) is 11.3. The average molecular weight is 735 g/mol. The molecule has 0 fully saturated rings. The van der Waals surface area contributed by atoms with Crippen molar-refractivity contribution in [2.24, 2.45) is 0 Å². The Morgan fingerprint density at radius 2 is 0.529 bits per heavy atom. The third-order valence-electron chi connectivity index (χ3n) is 6.97. The molecule has 0 aliphatic carbocycles. The minimum atomic E-state index is 0.512. The van der Waals surface area contributed by atoms with Crippen LogP contribution >= 0.6 is 0 Å². The van der Waals surface area contributed by atoms with Crippen LogP contribution in [0.3, 0.4) is 0 Å². The van der Waals surface area contributed by atoms with Crippen molar-refractivity contribution in [2.45, 2.75) is 45.6 Å². The fraction of sp³-hybridized carbons (Fsp3) is 0.842.